The SMILES string of the molecule is COc1nc(N)nc2c1ncn2C1O[C@H](COP(=O)(NC(C(=O)O)c2ccccc2)Oc2cccc3ccccc23)[C@@H](O)[C@@]1(C)O. The maximum absolute atomic E-state index is 14.5. The van der Waals surface area contributed by atoms with E-state index in [1.54, 1.807) is 54.6 Å². The number of carboxylic acids is 1. The predicted molar refractivity (Wildman–Crippen MR) is 165 cm³/mol. The van der Waals surface area contributed by atoms with E-state index >= 15 is 0 Å². The Kier molecular flexibility index (Phi) is 8.37. The number of aliphatic hydroxyl groups excluding tert-OH is 1. The molecule has 5 aromatic rings. The molecular weight excluding hydrogens is 619 g/mol. The number of nitrogens with two attached hydrogens (primary N) is 1. The van der Waals surface area contributed by atoms with Crippen molar-refractivity contribution >= 4 is 41.6 Å². The average molecular weight is 651 g/mol. The van der Waals surface area contributed by atoms with Gasteiger partial charge in [0.15, 0.2) is 17.4 Å². The highest BCUT2D eigenvalue weighted by molar-refractivity contribution is 7.52. The zero-order valence-electron chi connectivity index (χ0n) is 24.6. The lowest BCUT2D eigenvalue weighted by Gasteiger charge is -2.27. The van der Waals surface area contributed by atoms with E-state index in [1.165, 1.54) is 24.9 Å². The van der Waals surface area contributed by atoms with E-state index in [2.05, 4.69) is 20.0 Å². The van der Waals surface area contributed by atoms with Crippen molar-refractivity contribution in [2.45, 2.75) is 37.0 Å². The van der Waals surface area contributed by atoms with Gasteiger partial charge in [0.1, 0.15) is 29.6 Å². The largest absolute Gasteiger partial charge is 0.480 e. The van der Waals surface area contributed by atoms with Crippen molar-refractivity contribution in [1.82, 2.24) is 24.6 Å². The summed E-state index contributed by atoms with van der Waals surface area (Å²) in [6.07, 6.45) is -2.79. The second-order valence-corrected chi connectivity index (χ2v) is 12.5. The maximum Gasteiger partial charge on any atom is 0.459 e. The molecule has 2 aromatic heterocycles. The van der Waals surface area contributed by atoms with Crippen LogP contribution in [0.25, 0.3) is 21.9 Å². The van der Waals surface area contributed by atoms with Gasteiger partial charge in [-0.05, 0) is 23.9 Å². The predicted octanol–water partition coefficient (Wildman–Crippen LogP) is 3.20. The van der Waals surface area contributed by atoms with Gasteiger partial charge >= 0.3 is 13.7 Å². The van der Waals surface area contributed by atoms with Crippen molar-refractivity contribution in [3.63, 3.8) is 0 Å². The summed E-state index contributed by atoms with van der Waals surface area (Å²) in [5, 5.41) is 36.6. The van der Waals surface area contributed by atoms with Crippen LogP contribution in [0.5, 0.6) is 11.6 Å². The monoisotopic (exact) mass is 650 g/mol. The lowest BCUT2D eigenvalue weighted by Crippen LogP contribution is -2.44. The standard InChI is InChI=1S/C30H31N6O9P/c1-30(40)24(37)21(44-28(30)36-16-32-23-25(36)33-29(31)34-26(23)42-2)15-43-46(41,35-22(27(38)39)18-10-4-3-5-11-18)45-20-14-8-12-17-9-6-7-13-19(17)20/h3-14,16,21-22,24,28,37,40H,15H2,1-2H3,(H,35,41)(H,38,39)(H2,31,33,34)/t21-,22?,24-,28?,30-,46?/m1/s1. The number of methoxy groups -OCH3 is 1. The minimum Gasteiger partial charge on any atom is -0.480 e. The summed E-state index contributed by atoms with van der Waals surface area (Å²) in [4.78, 5) is 24.8. The normalized spacial score (nSPS) is 23.3. The van der Waals surface area contributed by atoms with E-state index in [1.807, 2.05) is 18.2 Å². The van der Waals surface area contributed by atoms with Gasteiger partial charge in [-0.15, -0.1) is 0 Å². The summed E-state index contributed by atoms with van der Waals surface area (Å²) in [5.74, 6) is -1.18. The highest BCUT2D eigenvalue weighted by atomic mass is 31.2. The van der Waals surface area contributed by atoms with Gasteiger partial charge in [-0.3, -0.25) is 13.9 Å². The molecule has 0 saturated carbocycles. The fraction of sp³-hybridized carbons (Fsp3) is 0.267. The summed E-state index contributed by atoms with van der Waals surface area (Å²) in [6.45, 7) is 0.757. The molecule has 46 heavy (non-hydrogen) atoms. The third kappa shape index (κ3) is 5.87. The Morgan fingerprint density at radius 2 is 1.85 bits per heavy atom. The first-order valence-electron chi connectivity index (χ1n) is 14.1. The third-order valence-electron chi connectivity index (χ3n) is 7.65. The molecule has 0 amide bonds. The lowest BCUT2D eigenvalue weighted by molar-refractivity contribution is -0.139. The molecule has 0 bridgehead atoms. The number of carboxylic acid groups (broad SMARTS) is 1. The maximum atomic E-state index is 14.5. The minimum absolute atomic E-state index is 0.100. The Hall–Kier alpha value is -4.63. The van der Waals surface area contributed by atoms with Crippen LogP contribution in [0, 0.1) is 0 Å². The first-order valence-corrected chi connectivity index (χ1v) is 15.6. The molecular formula is C30H31N6O9P. The number of aliphatic hydroxyl groups is 2. The number of anilines is 1. The Bertz CT molecular complexity index is 1930. The quantitative estimate of drug-likeness (QED) is 0.130. The Labute approximate surface area is 262 Å². The van der Waals surface area contributed by atoms with Gasteiger partial charge in [-0.25, -0.2) is 9.55 Å². The smallest absolute Gasteiger partial charge is 0.459 e. The van der Waals surface area contributed by atoms with E-state index in [-0.39, 0.29) is 28.7 Å². The van der Waals surface area contributed by atoms with Gasteiger partial charge in [0.25, 0.3) is 0 Å². The summed E-state index contributed by atoms with van der Waals surface area (Å²) in [5.41, 5.74) is 4.60. The Balaban J connectivity index is 1.31. The molecule has 1 saturated heterocycles. The molecule has 240 valence electrons. The number of hydrogen-bond donors (Lipinski definition) is 5. The number of nitrogens with zero attached hydrogens (tertiary/aromatic N) is 4. The second kappa shape index (κ2) is 12.3. The van der Waals surface area contributed by atoms with Crippen LogP contribution in [0.1, 0.15) is 24.8 Å². The third-order valence-corrected chi connectivity index (χ3v) is 9.15. The number of hydrogen-bond acceptors (Lipinski definition) is 12. The van der Waals surface area contributed by atoms with Gasteiger partial charge in [-0.1, -0.05) is 66.7 Å². The fourth-order valence-electron chi connectivity index (χ4n) is 5.34. The molecule has 3 heterocycles. The molecule has 3 unspecified atom stereocenters. The Morgan fingerprint density at radius 3 is 2.59 bits per heavy atom. The topological polar surface area (TPSA) is 213 Å². The summed E-state index contributed by atoms with van der Waals surface area (Å²) in [7, 11) is -3.17. The van der Waals surface area contributed by atoms with Crippen LogP contribution in [0.15, 0.2) is 79.1 Å². The lowest BCUT2D eigenvalue weighted by atomic mass is 9.96. The molecule has 1 aliphatic heterocycles. The zero-order chi connectivity index (χ0) is 32.6. The van der Waals surface area contributed by atoms with Crippen molar-refractivity contribution in [1.29, 1.82) is 0 Å². The number of nitrogens with one attached hydrogen (secondary N) is 1. The highest BCUT2D eigenvalue weighted by Crippen LogP contribution is 2.50. The van der Waals surface area contributed by atoms with Crippen LogP contribution in [0.2, 0.25) is 0 Å². The minimum atomic E-state index is -4.55. The molecule has 16 heteroatoms. The average Bonchev–Trinajstić information content (AvgIpc) is 3.56. The molecule has 0 radical (unpaired) electrons. The molecule has 6 N–H and O–H groups in total. The van der Waals surface area contributed by atoms with Gasteiger partial charge < -0.3 is 35.1 Å². The molecule has 3 aromatic carbocycles. The van der Waals surface area contributed by atoms with Crippen molar-refractivity contribution in [2.24, 2.45) is 0 Å². The Morgan fingerprint density at radius 1 is 1.13 bits per heavy atom. The van der Waals surface area contributed by atoms with E-state index in [0.717, 1.165) is 5.39 Å². The van der Waals surface area contributed by atoms with Gasteiger partial charge in [0.2, 0.25) is 11.8 Å². The number of fused-ring (bicyclic) bond motifs is 2. The van der Waals surface area contributed by atoms with Gasteiger partial charge in [-0.2, -0.15) is 15.1 Å². The van der Waals surface area contributed by atoms with Crippen molar-refractivity contribution in [3.8, 4) is 11.6 Å². The number of benzene rings is 3. The van der Waals surface area contributed by atoms with Crippen molar-refractivity contribution < 1.29 is 43.2 Å². The molecule has 6 rings (SSSR count). The first-order chi connectivity index (χ1) is 22.0. The van der Waals surface area contributed by atoms with E-state index < -0.39 is 50.4 Å². The number of nitrogen functional groups attached to an aromatic ring is 1. The highest BCUT2D eigenvalue weighted by Gasteiger charge is 2.54. The van der Waals surface area contributed by atoms with E-state index in [9.17, 15) is 24.7 Å². The molecule has 1 fully saturated rings. The second-order valence-electron chi connectivity index (χ2n) is 10.8. The zero-order valence-corrected chi connectivity index (χ0v) is 25.5. The van der Waals surface area contributed by atoms with Crippen molar-refractivity contribution in [3.05, 3.63) is 84.7 Å². The molecule has 15 nitrogen and oxygen atoms in total. The van der Waals surface area contributed by atoms with Gasteiger partial charge in [0.05, 0.1) is 20.0 Å². The van der Waals surface area contributed by atoms with E-state index in [0.29, 0.717) is 10.9 Å². The van der Waals surface area contributed by atoms with Crippen LogP contribution in [-0.2, 0) is 18.6 Å². The number of imidazole rings is 1. The van der Waals surface area contributed by atoms with Crippen molar-refractivity contribution in [2.75, 3.05) is 19.5 Å². The van der Waals surface area contributed by atoms with Crippen LogP contribution in [0.3, 0.4) is 0 Å². The molecule has 6 atom stereocenters. The van der Waals surface area contributed by atoms with Crippen LogP contribution >= 0.6 is 7.75 Å². The number of aromatic nitrogens is 4. The first kappa shape index (κ1) is 31.4. The summed E-state index contributed by atoms with van der Waals surface area (Å²) < 4.78 is 38.9. The number of rotatable bonds is 11. The van der Waals surface area contributed by atoms with Crippen LogP contribution in [-0.4, -0.2) is 72.3 Å². The molecule has 0 spiro atoms. The number of aliphatic carboxylic acids is 1. The molecule has 1 aliphatic rings. The summed E-state index contributed by atoms with van der Waals surface area (Å²) in [6, 6.07) is 18.9. The fourth-order valence-corrected chi connectivity index (χ4v) is 6.86. The summed E-state index contributed by atoms with van der Waals surface area (Å²) >= 11 is 0. The van der Waals surface area contributed by atoms with Crippen LogP contribution < -0.4 is 20.1 Å². The van der Waals surface area contributed by atoms with Gasteiger partial charge in [0, 0.05) is 5.39 Å². The molecule has 0 aliphatic carbocycles. The van der Waals surface area contributed by atoms with Crippen LogP contribution in [0.4, 0.5) is 5.95 Å². The number of carbonyl (C=O) groups is 1. The number of ether oxygens (including phenoxy) is 2. The van der Waals surface area contributed by atoms with E-state index in [4.69, 9.17) is 24.3 Å².